The van der Waals surface area contributed by atoms with Crippen molar-refractivity contribution in [1.82, 2.24) is 9.88 Å². The molecule has 0 N–H and O–H groups in total. The van der Waals surface area contributed by atoms with Gasteiger partial charge in [0.25, 0.3) is 0 Å². The van der Waals surface area contributed by atoms with Crippen LogP contribution in [0.2, 0.25) is 0 Å². The number of piperazine rings is 1. The van der Waals surface area contributed by atoms with Crippen LogP contribution in [-0.4, -0.2) is 49.4 Å². The Labute approximate surface area is 106 Å². The lowest BCUT2D eigenvalue weighted by atomic mass is 10.1. The summed E-state index contributed by atoms with van der Waals surface area (Å²) in [6.45, 7) is 8.28. The van der Waals surface area contributed by atoms with E-state index in [-0.39, 0.29) is 0 Å². The van der Waals surface area contributed by atoms with E-state index in [0.717, 1.165) is 48.2 Å². The van der Waals surface area contributed by atoms with Crippen LogP contribution < -0.4 is 4.90 Å². The van der Waals surface area contributed by atoms with Gasteiger partial charge in [-0.2, -0.15) is 0 Å². The van der Waals surface area contributed by atoms with Crippen LogP contribution in [0.15, 0.2) is 0 Å². The highest BCUT2D eigenvalue weighted by molar-refractivity contribution is 7.17. The molecule has 0 bridgehead atoms. The van der Waals surface area contributed by atoms with Crippen molar-refractivity contribution in [2.45, 2.75) is 19.8 Å². The summed E-state index contributed by atoms with van der Waals surface area (Å²) in [5.74, 6) is 0.313. The molecule has 1 aromatic rings. The maximum absolute atomic E-state index is 11.0. The number of thiazole rings is 1. The predicted octanol–water partition coefficient (Wildman–Crippen LogP) is 1.83. The number of nitrogens with zero attached hydrogens (tertiary/aromatic N) is 3. The van der Waals surface area contributed by atoms with Gasteiger partial charge in [0.05, 0.1) is 10.6 Å². The second-order valence-corrected chi connectivity index (χ2v) is 5.82. The molecule has 0 saturated carbocycles. The van der Waals surface area contributed by atoms with Crippen LogP contribution in [0.3, 0.4) is 0 Å². The number of rotatable bonds is 3. The second kappa shape index (κ2) is 5.14. The first-order valence-electron chi connectivity index (χ1n) is 6.01. The summed E-state index contributed by atoms with van der Waals surface area (Å²) in [4.78, 5) is 21.0. The van der Waals surface area contributed by atoms with Crippen molar-refractivity contribution >= 4 is 22.8 Å². The monoisotopic (exact) mass is 253 g/mol. The molecule has 0 amide bonds. The molecule has 17 heavy (non-hydrogen) atoms. The van der Waals surface area contributed by atoms with Crippen LogP contribution in [0.1, 0.15) is 35.1 Å². The van der Waals surface area contributed by atoms with Gasteiger partial charge in [-0.3, -0.25) is 4.79 Å². The molecule has 0 spiro atoms. The number of likely N-dealkylation sites (N-methyl/N-ethyl adjacent to an activating group) is 1. The highest BCUT2D eigenvalue weighted by atomic mass is 32.1. The Balaban J connectivity index is 2.18. The first-order valence-corrected chi connectivity index (χ1v) is 6.83. The van der Waals surface area contributed by atoms with Gasteiger partial charge < -0.3 is 9.80 Å². The molecule has 4 nitrogen and oxygen atoms in total. The van der Waals surface area contributed by atoms with E-state index in [9.17, 15) is 4.79 Å². The molecule has 1 aliphatic heterocycles. The fourth-order valence-corrected chi connectivity index (χ4v) is 3.05. The van der Waals surface area contributed by atoms with Gasteiger partial charge in [-0.05, 0) is 13.0 Å². The van der Waals surface area contributed by atoms with Gasteiger partial charge in [0.2, 0.25) is 0 Å². The second-order valence-electron chi connectivity index (χ2n) is 4.81. The number of hydrogen-bond acceptors (Lipinski definition) is 5. The zero-order chi connectivity index (χ0) is 12.4. The number of carbonyl (C=O) groups is 1. The summed E-state index contributed by atoms with van der Waals surface area (Å²) in [7, 11) is 2.13. The molecule has 0 atom stereocenters. The molecule has 0 aromatic carbocycles. The maximum Gasteiger partial charge on any atom is 0.186 e. The van der Waals surface area contributed by atoms with E-state index in [2.05, 4.69) is 35.7 Å². The van der Waals surface area contributed by atoms with Crippen molar-refractivity contribution in [2.24, 2.45) is 0 Å². The van der Waals surface area contributed by atoms with Gasteiger partial charge >= 0.3 is 0 Å². The Morgan fingerprint density at radius 1 is 1.29 bits per heavy atom. The van der Waals surface area contributed by atoms with Crippen molar-refractivity contribution in [1.29, 1.82) is 0 Å². The third kappa shape index (κ3) is 2.66. The Morgan fingerprint density at radius 2 is 1.94 bits per heavy atom. The smallest absolute Gasteiger partial charge is 0.186 e. The minimum absolute atomic E-state index is 0.313. The quantitative estimate of drug-likeness (QED) is 0.770. The van der Waals surface area contributed by atoms with Crippen LogP contribution in [0.4, 0.5) is 5.13 Å². The van der Waals surface area contributed by atoms with Crippen molar-refractivity contribution in [3.8, 4) is 0 Å². The van der Waals surface area contributed by atoms with Crippen molar-refractivity contribution < 1.29 is 4.79 Å². The van der Waals surface area contributed by atoms with E-state index in [1.54, 1.807) is 0 Å². The minimum atomic E-state index is 0.313. The summed E-state index contributed by atoms with van der Waals surface area (Å²) in [5, 5.41) is 1.00. The molecule has 1 saturated heterocycles. The van der Waals surface area contributed by atoms with Crippen LogP contribution >= 0.6 is 11.3 Å². The topological polar surface area (TPSA) is 36.4 Å². The third-order valence-corrected chi connectivity index (χ3v) is 4.15. The summed E-state index contributed by atoms with van der Waals surface area (Å²) < 4.78 is 0. The number of aldehydes is 1. The third-order valence-electron chi connectivity index (χ3n) is 3.10. The first-order chi connectivity index (χ1) is 8.11. The van der Waals surface area contributed by atoms with Gasteiger partial charge in [0.15, 0.2) is 11.4 Å². The lowest BCUT2D eigenvalue weighted by molar-refractivity contribution is 0.112. The summed E-state index contributed by atoms with van der Waals surface area (Å²) in [6, 6.07) is 0. The average molecular weight is 253 g/mol. The number of anilines is 1. The van der Waals surface area contributed by atoms with Gasteiger partial charge in [0.1, 0.15) is 0 Å². The first kappa shape index (κ1) is 12.5. The molecular weight excluding hydrogens is 234 g/mol. The van der Waals surface area contributed by atoms with E-state index in [1.165, 1.54) is 11.3 Å². The van der Waals surface area contributed by atoms with Gasteiger partial charge in [0, 0.05) is 26.2 Å². The Morgan fingerprint density at radius 3 is 2.41 bits per heavy atom. The van der Waals surface area contributed by atoms with Crippen LogP contribution in [0, 0.1) is 0 Å². The van der Waals surface area contributed by atoms with Crippen molar-refractivity contribution in [3.63, 3.8) is 0 Å². The molecule has 94 valence electrons. The van der Waals surface area contributed by atoms with E-state index in [0.29, 0.717) is 5.92 Å². The van der Waals surface area contributed by atoms with Crippen LogP contribution in [0.25, 0.3) is 0 Å². The van der Waals surface area contributed by atoms with E-state index in [4.69, 9.17) is 0 Å². The fraction of sp³-hybridized carbons (Fsp3) is 0.667. The van der Waals surface area contributed by atoms with E-state index < -0.39 is 0 Å². The normalized spacial score (nSPS) is 17.8. The predicted molar refractivity (Wildman–Crippen MR) is 71.3 cm³/mol. The summed E-state index contributed by atoms with van der Waals surface area (Å²) in [5.41, 5.74) is 0.943. The van der Waals surface area contributed by atoms with Crippen LogP contribution in [-0.2, 0) is 0 Å². The average Bonchev–Trinajstić information content (AvgIpc) is 2.74. The molecule has 0 unspecified atom stereocenters. The highest BCUT2D eigenvalue weighted by Crippen LogP contribution is 2.29. The largest absolute Gasteiger partial charge is 0.346 e. The fourth-order valence-electron chi connectivity index (χ4n) is 1.96. The Bertz CT molecular complexity index is 394. The molecule has 1 aliphatic rings. The van der Waals surface area contributed by atoms with Crippen molar-refractivity contribution in [2.75, 3.05) is 38.1 Å². The summed E-state index contributed by atoms with van der Waals surface area (Å²) in [6.07, 6.45) is 0.937. The minimum Gasteiger partial charge on any atom is -0.346 e. The number of hydrogen-bond donors (Lipinski definition) is 0. The van der Waals surface area contributed by atoms with Gasteiger partial charge in [-0.25, -0.2) is 4.98 Å². The Kier molecular flexibility index (Phi) is 3.79. The van der Waals surface area contributed by atoms with Gasteiger partial charge in [-0.15, -0.1) is 0 Å². The molecule has 2 heterocycles. The molecular formula is C12H19N3OS. The molecule has 1 fully saturated rings. The molecule has 5 heteroatoms. The summed E-state index contributed by atoms with van der Waals surface area (Å²) >= 11 is 1.52. The lowest BCUT2D eigenvalue weighted by Gasteiger charge is -2.32. The molecule has 0 radical (unpaired) electrons. The molecule has 0 aliphatic carbocycles. The van der Waals surface area contributed by atoms with Gasteiger partial charge in [-0.1, -0.05) is 25.2 Å². The van der Waals surface area contributed by atoms with Crippen molar-refractivity contribution in [3.05, 3.63) is 10.6 Å². The van der Waals surface area contributed by atoms with E-state index >= 15 is 0 Å². The standard InChI is InChI=1S/C12H19N3OS/c1-9(2)11-10(8-16)17-12(13-11)15-6-4-14(3)5-7-15/h8-9H,4-7H2,1-3H3. The number of aromatic nitrogens is 1. The highest BCUT2D eigenvalue weighted by Gasteiger charge is 2.20. The zero-order valence-electron chi connectivity index (χ0n) is 10.6. The number of carbonyl (C=O) groups excluding carboxylic acids is 1. The molecule has 1 aromatic heterocycles. The Hall–Kier alpha value is -0.940. The SMILES string of the molecule is CC(C)c1nc(N2CCN(C)CC2)sc1C=O. The zero-order valence-corrected chi connectivity index (χ0v) is 11.5. The van der Waals surface area contributed by atoms with Crippen LogP contribution in [0.5, 0.6) is 0 Å². The van der Waals surface area contributed by atoms with E-state index in [1.807, 2.05) is 0 Å². The molecule has 2 rings (SSSR count). The maximum atomic E-state index is 11.0. The lowest BCUT2D eigenvalue weighted by Crippen LogP contribution is -2.44.